The molecular formula is C18H20ClN7O2. The number of hydrogen-bond acceptors (Lipinski definition) is 7. The van der Waals surface area contributed by atoms with Crippen LogP contribution in [-0.2, 0) is 17.9 Å². The predicted molar refractivity (Wildman–Crippen MR) is 101 cm³/mol. The molecule has 1 fully saturated rings. The summed E-state index contributed by atoms with van der Waals surface area (Å²) >= 11 is 5.89. The molecule has 3 heterocycles. The zero-order valence-electron chi connectivity index (χ0n) is 15.5. The van der Waals surface area contributed by atoms with Gasteiger partial charge in [-0.2, -0.15) is 4.80 Å². The molecule has 28 heavy (non-hydrogen) atoms. The summed E-state index contributed by atoms with van der Waals surface area (Å²) in [6.07, 6.45) is 0. The summed E-state index contributed by atoms with van der Waals surface area (Å²) in [5.74, 6) is 1.26. The number of aryl methyl sites for hydroxylation is 1. The first-order valence-corrected chi connectivity index (χ1v) is 9.41. The number of benzene rings is 1. The van der Waals surface area contributed by atoms with Gasteiger partial charge in [0.05, 0.1) is 5.69 Å². The van der Waals surface area contributed by atoms with Crippen molar-refractivity contribution in [2.45, 2.75) is 20.0 Å². The van der Waals surface area contributed by atoms with Gasteiger partial charge in [0.1, 0.15) is 12.3 Å². The van der Waals surface area contributed by atoms with E-state index in [9.17, 15) is 4.79 Å². The van der Waals surface area contributed by atoms with Crippen molar-refractivity contribution in [3.8, 4) is 11.4 Å². The lowest BCUT2D eigenvalue weighted by atomic mass is 10.2. The van der Waals surface area contributed by atoms with Crippen molar-refractivity contribution >= 4 is 17.5 Å². The van der Waals surface area contributed by atoms with Crippen molar-refractivity contribution < 1.29 is 9.32 Å². The topological polar surface area (TPSA) is 93.2 Å². The second-order valence-corrected chi connectivity index (χ2v) is 7.17. The van der Waals surface area contributed by atoms with Crippen molar-refractivity contribution in [2.24, 2.45) is 0 Å². The first kappa shape index (κ1) is 18.6. The average Bonchev–Trinajstić information content (AvgIpc) is 3.32. The lowest BCUT2D eigenvalue weighted by Crippen LogP contribution is -2.49. The molecule has 1 aliphatic rings. The fourth-order valence-electron chi connectivity index (χ4n) is 3.12. The molecule has 0 saturated carbocycles. The van der Waals surface area contributed by atoms with E-state index in [0.717, 1.165) is 36.7 Å². The van der Waals surface area contributed by atoms with Gasteiger partial charge in [-0.05, 0) is 36.4 Å². The molecular weight excluding hydrogens is 382 g/mol. The number of nitrogens with zero attached hydrogens (tertiary/aromatic N) is 7. The van der Waals surface area contributed by atoms with Gasteiger partial charge in [-0.1, -0.05) is 16.8 Å². The zero-order chi connectivity index (χ0) is 19.5. The normalized spacial score (nSPS) is 15.1. The van der Waals surface area contributed by atoms with Crippen molar-refractivity contribution in [3.05, 3.63) is 46.8 Å². The molecule has 10 heteroatoms. The largest absolute Gasteiger partial charge is 0.361 e. The maximum atomic E-state index is 12.6. The Balaban J connectivity index is 1.29. The summed E-state index contributed by atoms with van der Waals surface area (Å²) in [4.78, 5) is 18.0. The molecule has 1 aliphatic heterocycles. The van der Waals surface area contributed by atoms with Gasteiger partial charge in [0.2, 0.25) is 11.7 Å². The summed E-state index contributed by atoms with van der Waals surface area (Å²) in [7, 11) is 0. The summed E-state index contributed by atoms with van der Waals surface area (Å²) in [6, 6.07) is 9.11. The molecule has 0 spiro atoms. The SMILES string of the molecule is Cc1cc(CN2CCN(C(=O)Cn3nnc(-c4ccc(Cl)cc4)n3)CC2)no1. The second-order valence-electron chi connectivity index (χ2n) is 6.74. The van der Waals surface area contributed by atoms with E-state index in [1.807, 2.05) is 30.0 Å². The van der Waals surface area contributed by atoms with Crippen LogP contribution in [-0.4, -0.2) is 67.2 Å². The van der Waals surface area contributed by atoms with E-state index >= 15 is 0 Å². The summed E-state index contributed by atoms with van der Waals surface area (Å²) in [5, 5.41) is 17.0. The number of carbonyl (C=O) groups is 1. The predicted octanol–water partition coefficient (Wildman–Crippen LogP) is 1.63. The van der Waals surface area contributed by atoms with Crippen LogP contribution in [0.2, 0.25) is 5.02 Å². The Morgan fingerprint density at radius 3 is 2.61 bits per heavy atom. The molecule has 0 aliphatic carbocycles. The molecule has 146 valence electrons. The Bertz CT molecular complexity index is 945. The molecule has 4 rings (SSSR count). The number of amides is 1. The smallest absolute Gasteiger partial charge is 0.246 e. The molecule has 0 N–H and O–H groups in total. The van der Waals surface area contributed by atoms with E-state index in [0.29, 0.717) is 23.9 Å². The lowest BCUT2D eigenvalue weighted by Gasteiger charge is -2.34. The fourth-order valence-corrected chi connectivity index (χ4v) is 3.25. The minimum Gasteiger partial charge on any atom is -0.361 e. The van der Waals surface area contributed by atoms with Crippen molar-refractivity contribution in [1.29, 1.82) is 0 Å². The van der Waals surface area contributed by atoms with Crippen molar-refractivity contribution in [1.82, 2.24) is 35.2 Å². The molecule has 2 aromatic heterocycles. The van der Waals surface area contributed by atoms with E-state index in [2.05, 4.69) is 25.5 Å². The molecule has 9 nitrogen and oxygen atoms in total. The van der Waals surface area contributed by atoms with Crippen LogP contribution in [0.5, 0.6) is 0 Å². The van der Waals surface area contributed by atoms with Gasteiger partial charge in [-0.15, -0.1) is 10.2 Å². The summed E-state index contributed by atoms with van der Waals surface area (Å²) < 4.78 is 5.10. The van der Waals surface area contributed by atoms with Gasteiger partial charge in [-0.25, -0.2) is 0 Å². The van der Waals surface area contributed by atoms with Gasteiger partial charge in [0.15, 0.2) is 0 Å². The van der Waals surface area contributed by atoms with Crippen molar-refractivity contribution in [3.63, 3.8) is 0 Å². The maximum absolute atomic E-state index is 12.6. The van der Waals surface area contributed by atoms with Gasteiger partial charge in [-0.3, -0.25) is 9.69 Å². The molecule has 0 atom stereocenters. The monoisotopic (exact) mass is 401 g/mol. The minimum atomic E-state index is -0.0167. The van der Waals surface area contributed by atoms with Crippen LogP contribution in [0.3, 0.4) is 0 Å². The third-order valence-electron chi connectivity index (χ3n) is 4.62. The molecule has 0 radical (unpaired) electrons. The lowest BCUT2D eigenvalue weighted by molar-refractivity contribution is -0.134. The summed E-state index contributed by atoms with van der Waals surface area (Å²) in [6.45, 7) is 5.58. The third-order valence-corrected chi connectivity index (χ3v) is 4.87. The van der Waals surface area contributed by atoms with Crippen LogP contribution in [0.1, 0.15) is 11.5 Å². The second kappa shape index (κ2) is 8.07. The van der Waals surface area contributed by atoms with Crippen LogP contribution >= 0.6 is 11.6 Å². The Kier molecular flexibility index (Phi) is 5.36. The summed E-state index contributed by atoms with van der Waals surface area (Å²) in [5.41, 5.74) is 1.72. The Morgan fingerprint density at radius 1 is 1.18 bits per heavy atom. The zero-order valence-corrected chi connectivity index (χ0v) is 16.2. The highest BCUT2D eigenvalue weighted by Gasteiger charge is 2.22. The number of aromatic nitrogens is 5. The highest BCUT2D eigenvalue weighted by molar-refractivity contribution is 6.30. The standard InChI is InChI=1S/C18H20ClN7O2/c1-13-10-16(22-28-13)11-24-6-8-25(9-7-24)17(27)12-26-21-18(20-23-26)14-2-4-15(19)5-3-14/h2-5,10H,6-9,11-12H2,1H3. The van der Waals surface area contributed by atoms with E-state index in [1.165, 1.54) is 4.80 Å². The van der Waals surface area contributed by atoms with E-state index in [1.54, 1.807) is 12.1 Å². The Morgan fingerprint density at radius 2 is 1.93 bits per heavy atom. The van der Waals surface area contributed by atoms with E-state index in [-0.39, 0.29) is 12.5 Å². The van der Waals surface area contributed by atoms with Gasteiger partial charge in [0, 0.05) is 49.4 Å². The number of rotatable bonds is 5. The molecule has 0 bridgehead atoms. The number of carbonyl (C=O) groups excluding carboxylic acids is 1. The quantitative estimate of drug-likeness (QED) is 0.641. The molecule has 1 amide bonds. The maximum Gasteiger partial charge on any atom is 0.246 e. The highest BCUT2D eigenvalue weighted by Crippen LogP contribution is 2.17. The van der Waals surface area contributed by atoms with Crippen LogP contribution in [0.4, 0.5) is 0 Å². The van der Waals surface area contributed by atoms with E-state index < -0.39 is 0 Å². The van der Waals surface area contributed by atoms with Gasteiger partial charge in [0.25, 0.3) is 0 Å². The number of hydrogen-bond donors (Lipinski definition) is 0. The Hall–Kier alpha value is -2.78. The highest BCUT2D eigenvalue weighted by atomic mass is 35.5. The number of piperazine rings is 1. The fraction of sp³-hybridized carbons (Fsp3) is 0.389. The average molecular weight is 402 g/mol. The number of halogens is 1. The van der Waals surface area contributed by atoms with Crippen LogP contribution in [0.15, 0.2) is 34.9 Å². The Labute approximate surface area is 166 Å². The van der Waals surface area contributed by atoms with Gasteiger partial charge >= 0.3 is 0 Å². The van der Waals surface area contributed by atoms with E-state index in [4.69, 9.17) is 16.1 Å². The van der Waals surface area contributed by atoms with Crippen LogP contribution in [0.25, 0.3) is 11.4 Å². The molecule has 3 aromatic rings. The van der Waals surface area contributed by atoms with Crippen molar-refractivity contribution in [2.75, 3.05) is 26.2 Å². The molecule has 1 saturated heterocycles. The van der Waals surface area contributed by atoms with Crippen LogP contribution in [0, 0.1) is 6.92 Å². The molecule has 0 unspecified atom stereocenters. The third kappa shape index (κ3) is 4.37. The minimum absolute atomic E-state index is 0.0167. The van der Waals surface area contributed by atoms with Crippen LogP contribution < -0.4 is 0 Å². The van der Waals surface area contributed by atoms with Gasteiger partial charge < -0.3 is 9.42 Å². The molecule has 1 aromatic carbocycles. The number of tetrazole rings is 1. The first-order valence-electron chi connectivity index (χ1n) is 9.03. The first-order chi connectivity index (χ1) is 13.6.